The number of nitro benzene ring substituents is 1. The van der Waals surface area contributed by atoms with E-state index < -0.39 is 4.92 Å². The molecular weight excluding hydrogens is 276 g/mol. The van der Waals surface area contributed by atoms with Gasteiger partial charge in [-0.05, 0) is 6.07 Å². The molecule has 0 radical (unpaired) electrons. The molecule has 1 aliphatic rings. The van der Waals surface area contributed by atoms with Gasteiger partial charge < -0.3 is 21.1 Å². The molecule has 9 nitrogen and oxygen atoms in total. The highest BCUT2D eigenvalue weighted by Gasteiger charge is 2.21. The van der Waals surface area contributed by atoms with Crippen molar-refractivity contribution in [2.45, 2.75) is 0 Å². The van der Waals surface area contributed by atoms with Crippen LogP contribution >= 0.6 is 0 Å². The molecule has 1 saturated heterocycles. The number of nitrogens with two attached hydrogens (primary N) is 2. The minimum absolute atomic E-state index is 0.0190. The summed E-state index contributed by atoms with van der Waals surface area (Å²) in [7, 11) is 0. The normalized spacial score (nSPS) is 15.1. The highest BCUT2D eigenvalue weighted by Crippen LogP contribution is 2.29. The van der Waals surface area contributed by atoms with Gasteiger partial charge in [-0.1, -0.05) is 6.07 Å². The third-order valence-corrected chi connectivity index (χ3v) is 2.93. The lowest BCUT2D eigenvalue weighted by molar-refractivity contribution is -0.384. The second kappa shape index (κ2) is 6.66. The summed E-state index contributed by atoms with van der Waals surface area (Å²) in [6.45, 7) is 2.38. The van der Waals surface area contributed by atoms with Crippen LogP contribution in [0.2, 0.25) is 0 Å². The largest absolute Gasteiger partial charge is 0.378 e. The molecule has 2 rings (SSSR count). The molecule has 21 heavy (non-hydrogen) atoms. The molecule has 0 atom stereocenters. The Morgan fingerprint density at radius 1 is 1.38 bits per heavy atom. The van der Waals surface area contributed by atoms with E-state index in [4.69, 9.17) is 16.2 Å². The smallest absolute Gasteiger partial charge is 0.293 e. The molecular formula is C12H16N6O3. The highest BCUT2D eigenvalue weighted by molar-refractivity contribution is 5.84. The lowest BCUT2D eigenvalue weighted by Crippen LogP contribution is -2.36. The van der Waals surface area contributed by atoms with E-state index in [0.717, 1.165) is 0 Å². The summed E-state index contributed by atoms with van der Waals surface area (Å²) in [5.41, 5.74) is 11.4. The summed E-state index contributed by atoms with van der Waals surface area (Å²) in [6, 6.07) is 4.86. The maximum absolute atomic E-state index is 11.2. The van der Waals surface area contributed by atoms with Gasteiger partial charge >= 0.3 is 0 Å². The summed E-state index contributed by atoms with van der Waals surface area (Å²) in [5, 5.41) is 18.3. The van der Waals surface area contributed by atoms with Gasteiger partial charge in [-0.3, -0.25) is 10.1 Å². The van der Waals surface area contributed by atoms with Gasteiger partial charge in [0.2, 0.25) is 5.96 Å². The number of hydrogen-bond donors (Lipinski definition) is 2. The molecule has 4 N–H and O–H groups in total. The van der Waals surface area contributed by atoms with E-state index in [9.17, 15) is 10.1 Å². The Labute approximate surface area is 121 Å². The Bertz CT molecular complexity index is 576. The highest BCUT2D eigenvalue weighted by atomic mass is 16.6. The van der Waals surface area contributed by atoms with E-state index in [-0.39, 0.29) is 11.6 Å². The number of anilines is 1. The molecule has 0 aliphatic carbocycles. The van der Waals surface area contributed by atoms with Crippen LogP contribution in [0.3, 0.4) is 0 Å². The number of hydrogen-bond acceptors (Lipinski definition) is 6. The molecule has 0 spiro atoms. The fraction of sp³-hybridized carbons (Fsp3) is 0.333. The van der Waals surface area contributed by atoms with E-state index in [2.05, 4.69) is 10.2 Å². The summed E-state index contributed by atoms with van der Waals surface area (Å²) in [5.74, 6) is -0.175. The van der Waals surface area contributed by atoms with Crippen LogP contribution in [0.5, 0.6) is 0 Å². The summed E-state index contributed by atoms with van der Waals surface area (Å²) in [6.07, 6.45) is 1.36. The van der Waals surface area contributed by atoms with Crippen LogP contribution < -0.4 is 16.4 Å². The third-order valence-electron chi connectivity index (χ3n) is 2.93. The number of benzene rings is 1. The van der Waals surface area contributed by atoms with Crippen molar-refractivity contribution in [3.63, 3.8) is 0 Å². The Kier molecular flexibility index (Phi) is 4.67. The molecule has 0 bridgehead atoms. The number of guanidine groups is 1. The number of morpholine rings is 1. The van der Waals surface area contributed by atoms with E-state index in [1.54, 1.807) is 12.1 Å². The average Bonchev–Trinajstić information content (AvgIpc) is 2.47. The van der Waals surface area contributed by atoms with Crippen LogP contribution in [0.1, 0.15) is 5.56 Å². The molecule has 9 heteroatoms. The van der Waals surface area contributed by atoms with Gasteiger partial charge in [0, 0.05) is 24.7 Å². The first-order valence-corrected chi connectivity index (χ1v) is 6.31. The van der Waals surface area contributed by atoms with Gasteiger partial charge in [-0.2, -0.15) is 5.10 Å². The van der Waals surface area contributed by atoms with Crippen LogP contribution in [0.15, 0.2) is 28.4 Å². The standard InChI is InChI=1S/C12H16N6O3/c13-12(14)16-15-8-9-1-2-10(11(7-9)18(19)20)17-3-5-21-6-4-17/h1-2,7-8H,3-6H2,(H4,13,14,16)/b15-8+. The van der Waals surface area contributed by atoms with Crippen LogP contribution in [-0.4, -0.2) is 43.4 Å². The average molecular weight is 292 g/mol. The predicted molar refractivity (Wildman–Crippen MR) is 79.5 cm³/mol. The molecule has 1 aromatic rings. The van der Waals surface area contributed by atoms with Crippen molar-refractivity contribution in [3.05, 3.63) is 33.9 Å². The number of nitro groups is 1. The van der Waals surface area contributed by atoms with Crippen molar-refractivity contribution in [2.75, 3.05) is 31.2 Å². The fourth-order valence-electron chi connectivity index (χ4n) is 2.00. The van der Waals surface area contributed by atoms with Crippen LogP contribution in [0, 0.1) is 10.1 Å². The Balaban J connectivity index is 2.28. The van der Waals surface area contributed by atoms with E-state index in [0.29, 0.717) is 37.6 Å². The molecule has 1 aliphatic heterocycles. The molecule has 0 aromatic heterocycles. The second-order valence-corrected chi connectivity index (χ2v) is 4.37. The zero-order valence-electron chi connectivity index (χ0n) is 11.3. The van der Waals surface area contributed by atoms with E-state index >= 15 is 0 Å². The maximum atomic E-state index is 11.2. The minimum atomic E-state index is -0.414. The molecule has 0 unspecified atom stereocenters. The first-order chi connectivity index (χ1) is 10.1. The Morgan fingerprint density at radius 2 is 2.10 bits per heavy atom. The van der Waals surface area contributed by atoms with E-state index in [1.807, 2.05) is 4.90 Å². The Hall–Kier alpha value is -2.68. The molecule has 1 heterocycles. The quantitative estimate of drug-likeness (QED) is 0.348. The fourth-order valence-corrected chi connectivity index (χ4v) is 2.00. The van der Waals surface area contributed by atoms with Gasteiger partial charge in [0.1, 0.15) is 5.69 Å². The zero-order chi connectivity index (χ0) is 15.2. The van der Waals surface area contributed by atoms with Gasteiger partial charge in [0.05, 0.1) is 24.4 Å². The van der Waals surface area contributed by atoms with Crippen LogP contribution in [0.4, 0.5) is 11.4 Å². The summed E-state index contributed by atoms with van der Waals surface area (Å²) >= 11 is 0. The number of rotatable bonds is 4. The lowest BCUT2D eigenvalue weighted by Gasteiger charge is -2.28. The predicted octanol–water partition coefficient (Wildman–Crippen LogP) is 0.0387. The van der Waals surface area contributed by atoms with Gasteiger partial charge in [-0.15, -0.1) is 5.10 Å². The lowest BCUT2D eigenvalue weighted by atomic mass is 10.1. The van der Waals surface area contributed by atoms with Crippen molar-refractivity contribution >= 4 is 23.5 Å². The van der Waals surface area contributed by atoms with Gasteiger partial charge in [0.25, 0.3) is 5.69 Å². The number of ether oxygens (including phenoxy) is 1. The molecule has 1 aromatic carbocycles. The number of nitrogens with zero attached hydrogens (tertiary/aromatic N) is 4. The van der Waals surface area contributed by atoms with Crippen LogP contribution in [0.25, 0.3) is 0 Å². The molecule has 112 valence electrons. The first kappa shape index (κ1) is 14.7. The zero-order valence-corrected chi connectivity index (χ0v) is 11.3. The van der Waals surface area contributed by atoms with Gasteiger partial charge in [-0.25, -0.2) is 0 Å². The minimum Gasteiger partial charge on any atom is -0.378 e. The third kappa shape index (κ3) is 3.89. The van der Waals surface area contributed by atoms with Crippen molar-refractivity contribution in [1.82, 2.24) is 0 Å². The molecule has 0 saturated carbocycles. The monoisotopic (exact) mass is 292 g/mol. The molecule has 1 fully saturated rings. The summed E-state index contributed by atoms with van der Waals surface area (Å²) < 4.78 is 5.25. The van der Waals surface area contributed by atoms with E-state index in [1.165, 1.54) is 12.3 Å². The molecule has 0 amide bonds. The first-order valence-electron chi connectivity index (χ1n) is 6.31. The van der Waals surface area contributed by atoms with Crippen molar-refractivity contribution < 1.29 is 9.66 Å². The topological polar surface area (TPSA) is 132 Å². The van der Waals surface area contributed by atoms with Crippen molar-refractivity contribution in [3.8, 4) is 0 Å². The summed E-state index contributed by atoms with van der Waals surface area (Å²) in [4.78, 5) is 12.7. The second-order valence-electron chi connectivity index (χ2n) is 4.37. The SMILES string of the molecule is NC(N)=N/N=C/c1ccc(N2CCOCC2)c([N+](=O)[O-])c1. The van der Waals surface area contributed by atoms with Gasteiger partial charge in [0.15, 0.2) is 0 Å². The Morgan fingerprint density at radius 3 is 2.71 bits per heavy atom. The van der Waals surface area contributed by atoms with Crippen molar-refractivity contribution in [1.29, 1.82) is 0 Å². The maximum Gasteiger partial charge on any atom is 0.293 e. The van der Waals surface area contributed by atoms with Crippen molar-refractivity contribution in [2.24, 2.45) is 21.7 Å². The van der Waals surface area contributed by atoms with Crippen LogP contribution in [-0.2, 0) is 4.74 Å².